The van der Waals surface area contributed by atoms with E-state index in [9.17, 15) is 14.7 Å². The van der Waals surface area contributed by atoms with E-state index in [-0.39, 0.29) is 17.2 Å². The number of pyridine rings is 1. The molecule has 4 rings (SSSR count). The van der Waals surface area contributed by atoms with E-state index in [4.69, 9.17) is 5.11 Å². The Labute approximate surface area is 180 Å². The molecule has 0 aliphatic carbocycles. The molecule has 1 aliphatic rings. The number of carbonyl (C=O) groups excluding carboxylic acids is 1. The Kier molecular flexibility index (Phi) is 5.58. The van der Waals surface area contributed by atoms with Crippen LogP contribution in [0.4, 0.5) is 5.69 Å². The van der Waals surface area contributed by atoms with E-state index in [2.05, 4.69) is 9.88 Å². The zero-order valence-corrected chi connectivity index (χ0v) is 17.2. The van der Waals surface area contributed by atoms with Gasteiger partial charge in [0.25, 0.3) is 5.91 Å². The number of aromatic nitrogens is 1. The second-order valence-electron chi connectivity index (χ2n) is 7.59. The van der Waals surface area contributed by atoms with Gasteiger partial charge in [-0.1, -0.05) is 6.07 Å². The van der Waals surface area contributed by atoms with Crippen LogP contribution in [0.5, 0.6) is 5.75 Å². The third-order valence-corrected chi connectivity index (χ3v) is 5.55. The average Bonchev–Trinajstić information content (AvgIpc) is 2.78. The van der Waals surface area contributed by atoms with E-state index in [1.54, 1.807) is 36.5 Å². The van der Waals surface area contributed by atoms with Gasteiger partial charge in [-0.15, -0.1) is 0 Å². The number of anilines is 1. The van der Waals surface area contributed by atoms with Gasteiger partial charge in [-0.2, -0.15) is 0 Å². The summed E-state index contributed by atoms with van der Waals surface area (Å²) in [5.74, 6) is -0.847. The van der Waals surface area contributed by atoms with E-state index < -0.39 is 5.97 Å². The number of benzene rings is 2. The smallest absolute Gasteiger partial charge is 0.335 e. The molecule has 7 heteroatoms. The Bertz CT molecular complexity index is 1120. The van der Waals surface area contributed by atoms with Gasteiger partial charge in [-0.3, -0.25) is 9.78 Å². The minimum atomic E-state index is -0.941. The minimum absolute atomic E-state index is 0.00967. The molecule has 1 saturated heterocycles. The molecule has 7 nitrogen and oxygen atoms in total. The van der Waals surface area contributed by atoms with Crippen LogP contribution in [0, 0.1) is 6.92 Å². The summed E-state index contributed by atoms with van der Waals surface area (Å²) in [5.41, 5.74) is 4.52. The summed E-state index contributed by atoms with van der Waals surface area (Å²) in [6, 6.07) is 14.0. The van der Waals surface area contributed by atoms with Crippen LogP contribution < -0.4 is 4.90 Å². The SMILES string of the molecule is Cc1cc(C(=O)N2CCN(c3ccc(C(=O)O)cc3)CC2)ccc1-c1cncc(O)c1. The molecule has 0 saturated carbocycles. The van der Waals surface area contributed by atoms with Crippen LogP contribution >= 0.6 is 0 Å². The number of aryl methyl sites for hydroxylation is 1. The number of aromatic hydroxyl groups is 1. The van der Waals surface area contributed by atoms with E-state index >= 15 is 0 Å². The summed E-state index contributed by atoms with van der Waals surface area (Å²) < 4.78 is 0. The van der Waals surface area contributed by atoms with Crippen molar-refractivity contribution in [3.63, 3.8) is 0 Å². The van der Waals surface area contributed by atoms with Gasteiger partial charge in [-0.25, -0.2) is 4.79 Å². The lowest BCUT2D eigenvalue weighted by Gasteiger charge is -2.36. The number of hydrogen-bond donors (Lipinski definition) is 2. The van der Waals surface area contributed by atoms with Gasteiger partial charge in [0.1, 0.15) is 5.75 Å². The molecule has 1 fully saturated rings. The Morgan fingerprint density at radius 1 is 0.903 bits per heavy atom. The highest BCUT2D eigenvalue weighted by molar-refractivity contribution is 5.95. The third-order valence-electron chi connectivity index (χ3n) is 5.55. The average molecular weight is 417 g/mol. The van der Waals surface area contributed by atoms with Crippen LogP contribution in [0.1, 0.15) is 26.3 Å². The Hall–Kier alpha value is -3.87. The van der Waals surface area contributed by atoms with Gasteiger partial charge < -0.3 is 20.0 Å². The van der Waals surface area contributed by atoms with Gasteiger partial charge in [0.15, 0.2) is 0 Å². The summed E-state index contributed by atoms with van der Waals surface area (Å²) in [4.78, 5) is 32.0. The number of piperazine rings is 1. The van der Waals surface area contributed by atoms with Crippen LogP contribution in [0.3, 0.4) is 0 Å². The lowest BCUT2D eigenvalue weighted by Crippen LogP contribution is -2.48. The van der Waals surface area contributed by atoms with Crippen molar-refractivity contribution >= 4 is 17.6 Å². The van der Waals surface area contributed by atoms with Crippen molar-refractivity contribution in [1.82, 2.24) is 9.88 Å². The molecule has 0 bridgehead atoms. The van der Waals surface area contributed by atoms with Crippen LogP contribution in [0.15, 0.2) is 60.9 Å². The van der Waals surface area contributed by atoms with Crippen molar-refractivity contribution in [2.75, 3.05) is 31.1 Å². The predicted octanol–water partition coefficient (Wildman–Crippen LogP) is 3.42. The maximum atomic E-state index is 13.0. The fraction of sp³-hybridized carbons (Fsp3) is 0.208. The quantitative estimate of drug-likeness (QED) is 0.676. The fourth-order valence-corrected chi connectivity index (χ4v) is 3.86. The summed E-state index contributed by atoms with van der Waals surface area (Å²) in [6.07, 6.45) is 3.07. The number of hydrogen-bond acceptors (Lipinski definition) is 5. The highest BCUT2D eigenvalue weighted by atomic mass is 16.4. The van der Waals surface area contributed by atoms with Crippen molar-refractivity contribution in [1.29, 1.82) is 0 Å². The first-order valence-electron chi connectivity index (χ1n) is 10.0. The van der Waals surface area contributed by atoms with Crippen LogP contribution in [-0.2, 0) is 0 Å². The molecular formula is C24H23N3O4. The number of nitrogens with zero attached hydrogens (tertiary/aromatic N) is 3. The number of carboxylic acid groups (broad SMARTS) is 1. The maximum absolute atomic E-state index is 13.0. The first-order valence-corrected chi connectivity index (χ1v) is 10.0. The van der Waals surface area contributed by atoms with Gasteiger partial charge in [0, 0.05) is 49.2 Å². The van der Waals surface area contributed by atoms with E-state index in [0.29, 0.717) is 31.7 Å². The molecule has 1 aromatic heterocycles. The minimum Gasteiger partial charge on any atom is -0.506 e. The van der Waals surface area contributed by atoms with E-state index in [1.807, 2.05) is 30.0 Å². The van der Waals surface area contributed by atoms with Crippen molar-refractivity contribution in [3.05, 3.63) is 77.6 Å². The molecule has 0 spiro atoms. The standard InChI is InChI=1S/C24H23N3O4/c1-16-12-18(4-7-22(16)19-13-21(28)15-25-14-19)23(29)27-10-8-26(9-11-27)20-5-2-17(3-6-20)24(30)31/h2-7,12-15,28H,8-11H2,1H3,(H,30,31). The van der Waals surface area contributed by atoms with Crippen molar-refractivity contribution in [2.45, 2.75) is 6.92 Å². The molecule has 2 N–H and O–H groups in total. The molecule has 0 atom stereocenters. The summed E-state index contributed by atoms with van der Waals surface area (Å²) >= 11 is 0. The number of carbonyl (C=O) groups is 2. The number of amides is 1. The maximum Gasteiger partial charge on any atom is 0.335 e. The third kappa shape index (κ3) is 4.35. The van der Waals surface area contributed by atoms with Crippen molar-refractivity contribution in [3.8, 4) is 16.9 Å². The second kappa shape index (κ2) is 8.47. The summed E-state index contributed by atoms with van der Waals surface area (Å²) in [5, 5.41) is 18.7. The van der Waals surface area contributed by atoms with Gasteiger partial charge in [-0.05, 0) is 60.5 Å². The topological polar surface area (TPSA) is 94.0 Å². The predicted molar refractivity (Wildman–Crippen MR) is 118 cm³/mol. The van der Waals surface area contributed by atoms with E-state index in [1.165, 1.54) is 6.20 Å². The van der Waals surface area contributed by atoms with E-state index in [0.717, 1.165) is 22.4 Å². The number of rotatable bonds is 4. The Morgan fingerprint density at radius 2 is 1.58 bits per heavy atom. The zero-order chi connectivity index (χ0) is 22.0. The first kappa shape index (κ1) is 20.4. The Balaban J connectivity index is 1.42. The second-order valence-corrected chi connectivity index (χ2v) is 7.59. The summed E-state index contributed by atoms with van der Waals surface area (Å²) in [6.45, 7) is 4.50. The molecule has 1 amide bonds. The largest absolute Gasteiger partial charge is 0.506 e. The molecular weight excluding hydrogens is 394 g/mol. The Morgan fingerprint density at radius 3 is 2.19 bits per heavy atom. The molecule has 3 aromatic rings. The molecule has 158 valence electrons. The molecule has 1 aliphatic heterocycles. The zero-order valence-electron chi connectivity index (χ0n) is 17.2. The highest BCUT2D eigenvalue weighted by Gasteiger charge is 2.23. The first-order chi connectivity index (χ1) is 14.9. The summed E-state index contributed by atoms with van der Waals surface area (Å²) in [7, 11) is 0. The number of aromatic carboxylic acids is 1. The monoisotopic (exact) mass is 417 g/mol. The molecule has 0 radical (unpaired) electrons. The van der Waals surface area contributed by atoms with Gasteiger partial charge >= 0.3 is 5.97 Å². The molecule has 31 heavy (non-hydrogen) atoms. The van der Waals surface area contributed by atoms with Crippen molar-refractivity contribution < 1.29 is 19.8 Å². The molecule has 2 aromatic carbocycles. The van der Waals surface area contributed by atoms with Crippen LogP contribution in [0.25, 0.3) is 11.1 Å². The molecule has 2 heterocycles. The highest BCUT2D eigenvalue weighted by Crippen LogP contribution is 2.27. The lowest BCUT2D eigenvalue weighted by molar-refractivity contribution is 0.0695. The van der Waals surface area contributed by atoms with Crippen LogP contribution in [-0.4, -0.2) is 58.2 Å². The fourth-order valence-electron chi connectivity index (χ4n) is 3.86. The van der Waals surface area contributed by atoms with Gasteiger partial charge in [0.05, 0.1) is 11.8 Å². The normalized spacial score (nSPS) is 13.8. The number of carboxylic acids is 1. The lowest BCUT2D eigenvalue weighted by atomic mass is 9.99. The molecule has 0 unspecified atom stereocenters. The van der Waals surface area contributed by atoms with Gasteiger partial charge in [0.2, 0.25) is 0 Å². The van der Waals surface area contributed by atoms with Crippen molar-refractivity contribution in [2.24, 2.45) is 0 Å². The van der Waals surface area contributed by atoms with Crippen LogP contribution in [0.2, 0.25) is 0 Å².